The van der Waals surface area contributed by atoms with E-state index >= 15 is 0 Å². The average molecular weight is 353 g/mol. The first-order valence-electron chi connectivity index (χ1n) is 8.22. The number of aryl methyl sites for hydroxylation is 2. The molecule has 0 saturated heterocycles. The zero-order valence-electron chi connectivity index (χ0n) is 15.8. The number of aromatic nitrogens is 4. The first-order valence-corrected chi connectivity index (χ1v) is 8.22. The number of nitrogens with zero attached hydrogens (tertiary/aromatic N) is 4. The number of ether oxygens (including phenoxy) is 1. The highest BCUT2D eigenvalue weighted by Gasteiger charge is 2.15. The number of hydrogen-bond donors (Lipinski definition) is 0. The van der Waals surface area contributed by atoms with Gasteiger partial charge in [0.15, 0.2) is 11.2 Å². The zero-order chi connectivity index (χ0) is 19.2. The molecule has 136 valence electrons. The van der Waals surface area contributed by atoms with E-state index in [1.165, 1.54) is 11.6 Å². The Morgan fingerprint density at radius 1 is 0.962 bits per heavy atom. The molecule has 2 heterocycles. The summed E-state index contributed by atoms with van der Waals surface area (Å²) >= 11 is 0. The van der Waals surface area contributed by atoms with Crippen LogP contribution in [0.5, 0.6) is 5.75 Å². The third kappa shape index (κ3) is 2.56. The van der Waals surface area contributed by atoms with Crippen LogP contribution in [-0.4, -0.2) is 25.8 Å². The van der Waals surface area contributed by atoms with Gasteiger partial charge in [0.05, 0.1) is 7.11 Å². The number of fused-ring (bicyclic) bond motifs is 1. The van der Waals surface area contributed by atoms with Gasteiger partial charge in [0, 0.05) is 21.1 Å². The average Bonchev–Trinajstić information content (AvgIpc) is 2.96. The number of rotatable bonds is 3. The summed E-state index contributed by atoms with van der Waals surface area (Å²) in [4.78, 5) is 29.0. The highest BCUT2D eigenvalue weighted by molar-refractivity contribution is 5.77. The van der Waals surface area contributed by atoms with E-state index < -0.39 is 5.69 Å². The van der Waals surface area contributed by atoms with E-state index in [0.29, 0.717) is 17.0 Å². The molecule has 0 spiro atoms. The minimum Gasteiger partial charge on any atom is -0.496 e. The van der Waals surface area contributed by atoms with Gasteiger partial charge in [-0.05, 0) is 42.7 Å². The van der Waals surface area contributed by atoms with Crippen molar-refractivity contribution in [2.45, 2.75) is 13.8 Å². The number of benzene rings is 1. The van der Waals surface area contributed by atoms with Crippen LogP contribution in [0.4, 0.5) is 0 Å². The Hall–Kier alpha value is -3.09. The molecule has 7 heteroatoms. The van der Waals surface area contributed by atoms with Gasteiger partial charge in [-0.25, -0.2) is 9.78 Å². The van der Waals surface area contributed by atoms with E-state index in [1.807, 2.05) is 38.1 Å². The Labute approximate surface area is 150 Å². The number of hydrogen-bond acceptors (Lipinski definition) is 4. The van der Waals surface area contributed by atoms with E-state index in [-0.39, 0.29) is 5.56 Å². The van der Waals surface area contributed by atoms with Gasteiger partial charge >= 0.3 is 5.69 Å². The molecule has 0 radical (unpaired) electrons. The third-order valence-electron chi connectivity index (χ3n) is 4.92. The van der Waals surface area contributed by atoms with Crippen LogP contribution in [0, 0.1) is 13.8 Å². The Balaban J connectivity index is 2.15. The molecular weight excluding hydrogens is 331 g/mol. The second kappa shape index (κ2) is 6.33. The summed E-state index contributed by atoms with van der Waals surface area (Å²) in [6, 6.07) is 3.91. The number of imidazole rings is 1. The van der Waals surface area contributed by atoms with Crippen LogP contribution < -0.4 is 16.0 Å². The molecule has 0 fully saturated rings. The van der Waals surface area contributed by atoms with Crippen LogP contribution in [0.3, 0.4) is 0 Å². The Kier molecular flexibility index (Phi) is 4.31. The SMILES string of the molecule is COc1ccc(/C=C/c2nc3c(c(=O)n(C)c(=O)n3C)n2[11CH3])c(C)c1C. The van der Waals surface area contributed by atoms with Gasteiger partial charge in [-0.2, -0.15) is 0 Å². The van der Waals surface area contributed by atoms with Crippen molar-refractivity contribution in [2.24, 2.45) is 21.1 Å². The zero-order valence-corrected chi connectivity index (χ0v) is 15.8. The van der Waals surface area contributed by atoms with E-state index in [2.05, 4.69) is 4.98 Å². The minimum atomic E-state index is -0.391. The van der Waals surface area contributed by atoms with E-state index in [9.17, 15) is 9.59 Å². The van der Waals surface area contributed by atoms with Gasteiger partial charge in [-0.15, -0.1) is 0 Å². The van der Waals surface area contributed by atoms with Crippen molar-refractivity contribution < 1.29 is 4.74 Å². The molecule has 2 aromatic heterocycles. The highest BCUT2D eigenvalue weighted by atomic mass is 16.5. The van der Waals surface area contributed by atoms with Gasteiger partial charge < -0.3 is 9.30 Å². The van der Waals surface area contributed by atoms with E-state index in [4.69, 9.17) is 4.74 Å². The molecule has 0 amide bonds. The fourth-order valence-electron chi connectivity index (χ4n) is 3.07. The van der Waals surface area contributed by atoms with Crippen LogP contribution in [0.1, 0.15) is 22.5 Å². The van der Waals surface area contributed by atoms with Crippen LogP contribution in [0.15, 0.2) is 21.7 Å². The van der Waals surface area contributed by atoms with Crippen molar-refractivity contribution in [3.05, 3.63) is 55.5 Å². The molecule has 26 heavy (non-hydrogen) atoms. The maximum atomic E-state index is 12.4. The van der Waals surface area contributed by atoms with Gasteiger partial charge in [0.2, 0.25) is 0 Å². The normalized spacial score (nSPS) is 11.6. The van der Waals surface area contributed by atoms with Crippen molar-refractivity contribution in [2.75, 3.05) is 7.11 Å². The van der Waals surface area contributed by atoms with Crippen LogP contribution in [0.2, 0.25) is 0 Å². The molecule has 0 aliphatic rings. The number of methoxy groups -OCH3 is 1. The van der Waals surface area contributed by atoms with Gasteiger partial charge in [0.1, 0.15) is 11.6 Å². The van der Waals surface area contributed by atoms with Crippen LogP contribution in [0.25, 0.3) is 23.3 Å². The molecule has 7 nitrogen and oxygen atoms in total. The quantitative estimate of drug-likeness (QED) is 0.719. The largest absolute Gasteiger partial charge is 0.496 e. The predicted octanol–water partition coefficient (Wildman–Crippen LogP) is 1.77. The van der Waals surface area contributed by atoms with Gasteiger partial charge in [0.25, 0.3) is 5.56 Å². The Bertz CT molecular complexity index is 1160. The molecule has 3 rings (SSSR count). The van der Waals surface area contributed by atoms with Crippen molar-refractivity contribution >= 4 is 23.3 Å². The fourth-order valence-corrected chi connectivity index (χ4v) is 3.07. The maximum Gasteiger partial charge on any atom is 0.332 e. The summed E-state index contributed by atoms with van der Waals surface area (Å²) < 4.78 is 9.53. The first-order chi connectivity index (χ1) is 12.3. The standard InChI is InChI=1S/C19H22N4O3/c1-11-12(2)14(26-6)9-7-13(11)8-10-15-20-17-16(21(15)3)18(24)23(5)19(25)22(17)4/h7-10H,1-6H3/b10-8+/i3-1. The molecule has 0 saturated carbocycles. The summed E-state index contributed by atoms with van der Waals surface area (Å²) in [6.45, 7) is 4.05. The van der Waals surface area contributed by atoms with Crippen molar-refractivity contribution in [3.63, 3.8) is 0 Å². The molecule has 0 unspecified atom stereocenters. The molecule has 0 aliphatic carbocycles. The second-order valence-corrected chi connectivity index (χ2v) is 6.35. The molecule has 0 bridgehead atoms. The van der Waals surface area contributed by atoms with Crippen LogP contribution in [-0.2, 0) is 21.1 Å². The summed E-state index contributed by atoms with van der Waals surface area (Å²) in [5.74, 6) is 1.45. The first kappa shape index (κ1) is 17.7. The third-order valence-corrected chi connectivity index (χ3v) is 4.92. The molecule has 3 aromatic rings. The summed E-state index contributed by atoms with van der Waals surface area (Å²) in [7, 11) is 6.51. The van der Waals surface area contributed by atoms with Crippen molar-refractivity contribution in [1.82, 2.24) is 18.7 Å². The molecule has 1 aromatic carbocycles. The summed E-state index contributed by atoms with van der Waals surface area (Å²) in [5.41, 5.74) is 3.27. The molecular formula is C19H22N4O3. The van der Waals surface area contributed by atoms with E-state index in [1.54, 1.807) is 25.8 Å². The minimum absolute atomic E-state index is 0.353. The predicted molar refractivity (Wildman–Crippen MR) is 103 cm³/mol. The lowest BCUT2D eigenvalue weighted by Gasteiger charge is -2.10. The fraction of sp³-hybridized carbons (Fsp3) is 0.316. The Morgan fingerprint density at radius 2 is 1.65 bits per heavy atom. The summed E-state index contributed by atoms with van der Waals surface area (Å²) in [5, 5.41) is 0. The molecule has 0 aliphatic heterocycles. The lowest BCUT2D eigenvalue weighted by Crippen LogP contribution is -2.37. The molecule has 0 atom stereocenters. The highest BCUT2D eigenvalue weighted by Crippen LogP contribution is 2.25. The second-order valence-electron chi connectivity index (χ2n) is 6.35. The van der Waals surface area contributed by atoms with Gasteiger partial charge in [-0.3, -0.25) is 13.9 Å². The van der Waals surface area contributed by atoms with Crippen molar-refractivity contribution in [3.8, 4) is 5.75 Å². The smallest absolute Gasteiger partial charge is 0.332 e. The summed E-state index contributed by atoms with van der Waals surface area (Å²) in [6.07, 6.45) is 3.80. The maximum absolute atomic E-state index is 12.4. The van der Waals surface area contributed by atoms with Gasteiger partial charge in [-0.1, -0.05) is 12.1 Å². The lowest BCUT2D eigenvalue weighted by molar-refractivity contribution is 0.411. The monoisotopic (exact) mass is 353 g/mol. The van der Waals surface area contributed by atoms with E-state index in [0.717, 1.165) is 27.0 Å². The lowest BCUT2D eigenvalue weighted by atomic mass is 10.0. The Morgan fingerprint density at radius 3 is 2.31 bits per heavy atom. The topological polar surface area (TPSA) is 71.1 Å². The molecule has 0 N–H and O–H groups in total. The van der Waals surface area contributed by atoms with Crippen LogP contribution >= 0.6 is 0 Å². The van der Waals surface area contributed by atoms with Crippen molar-refractivity contribution in [1.29, 1.82) is 0 Å².